The molecule has 1 unspecified atom stereocenters. The Morgan fingerprint density at radius 3 is 2.21 bits per heavy atom. The molecule has 0 aromatic rings. The van der Waals surface area contributed by atoms with Gasteiger partial charge in [-0.25, -0.2) is 8.78 Å². The number of unbranched alkanes of at least 4 members (excludes halogenated alkanes) is 2. The average molecular weight is 207 g/mol. The summed E-state index contributed by atoms with van der Waals surface area (Å²) in [7, 11) is 0. The molecule has 0 amide bonds. The topological polar surface area (TPSA) is 12.0 Å². The van der Waals surface area contributed by atoms with Crippen LogP contribution in [0.3, 0.4) is 0 Å². The zero-order valence-corrected chi connectivity index (χ0v) is 9.58. The molecule has 14 heavy (non-hydrogen) atoms. The van der Waals surface area contributed by atoms with E-state index in [0.717, 1.165) is 25.7 Å². The van der Waals surface area contributed by atoms with Gasteiger partial charge in [0.05, 0.1) is 5.54 Å². The zero-order valence-electron chi connectivity index (χ0n) is 9.58. The summed E-state index contributed by atoms with van der Waals surface area (Å²) in [4.78, 5) is 0. The minimum absolute atomic E-state index is 0.568. The quantitative estimate of drug-likeness (QED) is 0.600. The van der Waals surface area contributed by atoms with E-state index in [2.05, 4.69) is 12.2 Å². The van der Waals surface area contributed by atoms with Gasteiger partial charge < -0.3 is 5.32 Å². The van der Waals surface area contributed by atoms with Crippen molar-refractivity contribution >= 4 is 0 Å². The summed E-state index contributed by atoms with van der Waals surface area (Å²) in [6, 6.07) is 0. The molecule has 0 aliphatic carbocycles. The van der Waals surface area contributed by atoms with E-state index in [0.29, 0.717) is 13.0 Å². The molecule has 0 aromatic heterocycles. The SMILES string of the molecule is CCCCCC(C)(NCCC)C(F)F. The van der Waals surface area contributed by atoms with Gasteiger partial charge >= 0.3 is 0 Å². The Balaban J connectivity index is 3.96. The van der Waals surface area contributed by atoms with Gasteiger partial charge in [-0.2, -0.15) is 0 Å². The Morgan fingerprint density at radius 1 is 1.14 bits per heavy atom. The monoisotopic (exact) mass is 207 g/mol. The first-order valence-electron chi connectivity index (χ1n) is 5.60. The van der Waals surface area contributed by atoms with E-state index in [9.17, 15) is 8.78 Å². The molecule has 0 spiro atoms. The van der Waals surface area contributed by atoms with E-state index < -0.39 is 12.0 Å². The number of nitrogens with one attached hydrogen (secondary N) is 1. The van der Waals surface area contributed by atoms with Crippen LogP contribution in [0.1, 0.15) is 52.9 Å². The third kappa shape index (κ3) is 4.89. The van der Waals surface area contributed by atoms with Crippen molar-refractivity contribution in [2.75, 3.05) is 6.54 Å². The Morgan fingerprint density at radius 2 is 1.79 bits per heavy atom. The Bertz CT molecular complexity index is 139. The van der Waals surface area contributed by atoms with Gasteiger partial charge in [0.1, 0.15) is 0 Å². The summed E-state index contributed by atoms with van der Waals surface area (Å²) in [6.45, 7) is 6.38. The van der Waals surface area contributed by atoms with Crippen LogP contribution in [0.25, 0.3) is 0 Å². The molecule has 0 aliphatic heterocycles. The fourth-order valence-electron chi connectivity index (χ4n) is 1.43. The van der Waals surface area contributed by atoms with Crippen molar-refractivity contribution in [3.8, 4) is 0 Å². The molecule has 1 N–H and O–H groups in total. The van der Waals surface area contributed by atoms with Gasteiger partial charge in [-0.05, 0) is 26.3 Å². The lowest BCUT2D eigenvalue weighted by atomic mass is 9.94. The van der Waals surface area contributed by atoms with E-state index in [1.54, 1.807) is 6.92 Å². The van der Waals surface area contributed by atoms with Gasteiger partial charge in [0.25, 0.3) is 6.43 Å². The van der Waals surface area contributed by atoms with Crippen LogP contribution in [0.4, 0.5) is 8.78 Å². The molecule has 0 aliphatic rings. The smallest absolute Gasteiger partial charge is 0.256 e. The van der Waals surface area contributed by atoms with Crippen LogP contribution in [0, 0.1) is 0 Å². The molecular formula is C11H23F2N. The fraction of sp³-hybridized carbons (Fsp3) is 1.00. The van der Waals surface area contributed by atoms with Crippen molar-refractivity contribution in [3.05, 3.63) is 0 Å². The second-order valence-corrected chi connectivity index (χ2v) is 4.10. The molecule has 0 rings (SSSR count). The lowest BCUT2D eigenvalue weighted by Crippen LogP contribution is -2.48. The second-order valence-electron chi connectivity index (χ2n) is 4.10. The van der Waals surface area contributed by atoms with E-state index >= 15 is 0 Å². The number of alkyl halides is 2. The predicted octanol–water partition coefficient (Wildman–Crippen LogP) is 3.59. The van der Waals surface area contributed by atoms with Crippen LogP contribution < -0.4 is 5.32 Å². The number of hydrogen-bond acceptors (Lipinski definition) is 1. The highest BCUT2D eigenvalue weighted by Gasteiger charge is 2.33. The molecule has 0 fully saturated rings. The van der Waals surface area contributed by atoms with Crippen LogP contribution in [-0.4, -0.2) is 18.5 Å². The first-order valence-corrected chi connectivity index (χ1v) is 5.60. The largest absolute Gasteiger partial charge is 0.307 e. The van der Waals surface area contributed by atoms with Crippen molar-refractivity contribution in [1.29, 1.82) is 0 Å². The summed E-state index contributed by atoms with van der Waals surface area (Å²) >= 11 is 0. The zero-order chi connectivity index (χ0) is 11.0. The van der Waals surface area contributed by atoms with Crippen molar-refractivity contribution in [2.45, 2.75) is 64.8 Å². The lowest BCUT2D eigenvalue weighted by Gasteiger charge is -2.30. The Labute approximate surface area is 86.3 Å². The maximum absolute atomic E-state index is 12.8. The van der Waals surface area contributed by atoms with Gasteiger partial charge in [-0.1, -0.05) is 33.1 Å². The molecule has 0 saturated heterocycles. The first-order chi connectivity index (χ1) is 6.56. The number of halogens is 2. The highest BCUT2D eigenvalue weighted by molar-refractivity contribution is 4.85. The normalized spacial score (nSPS) is 15.9. The van der Waals surface area contributed by atoms with Crippen LogP contribution in [0.15, 0.2) is 0 Å². The van der Waals surface area contributed by atoms with Crippen LogP contribution >= 0.6 is 0 Å². The molecule has 0 heterocycles. The summed E-state index contributed by atoms with van der Waals surface area (Å²) < 4.78 is 25.5. The fourth-order valence-corrected chi connectivity index (χ4v) is 1.43. The Kier molecular flexibility index (Phi) is 7.06. The molecule has 1 nitrogen and oxygen atoms in total. The maximum Gasteiger partial charge on any atom is 0.256 e. The summed E-state index contributed by atoms with van der Waals surface area (Å²) in [5.74, 6) is 0. The van der Waals surface area contributed by atoms with Gasteiger partial charge in [0.2, 0.25) is 0 Å². The third-order valence-electron chi connectivity index (χ3n) is 2.56. The second kappa shape index (κ2) is 7.16. The number of rotatable bonds is 8. The van der Waals surface area contributed by atoms with E-state index in [4.69, 9.17) is 0 Å². The minimum Gasteiger partial charge on any atom is -0.307 e. The molecule has 86 valence electrons. The maximum atomic E-state index is 12.8. The summed E-state index contributed by atoms with van der Waals surface area (Å²) in [5, 5.41) is 2.95. The molecule has 0 bridgehead atoms. The number of hydrogen-bond donors (Lipinski definition) is 1. The van der Waals surface area contributed by atoms with Crippen molar-refractivity contribution in [3.63, 3.8) is 0 Å². The highest BCUT2D eigenvalue weighted by Crippen LogP contribution is 2.22. The molecule has 1 atom stereocenters. The van der Waals surface area contributed by atoms with Gasteiger partial charge in [-0.3, -0.25) is 0 Å². The van der Waals surface area contributed by atoms with Crippen LogP contribution in [0.5, 0.6) is 0 Å². The minimum atomic E-state index is -2.27. The van der Waals surface area contributed by atoms with E-state index in [-0.39, 0.29) is 0 Å². The van der Waals surface area contributed by atoms with Gasteiger partial charge in [-0.15, -0.1) is 0 Å². The van der Waals surface area contributed by atoms with Gasteiger partial charge in [0, 0.05) is 0 Å². The van der Waals surface area contributed by atoms with Crippen molar-refractivity contribution < 1.29 is 8.78 Å². The standard InChI is InChI=1S/C11H23F2N/c1-4-6-7-8-11(3,10(12)13)14-9-5-2/h10,14H,4-9H2,1-3H3. The van der Waals surface area contributed by atoms with Crippen LogP contribution in [-0.2, 0) is 0 Å². The van der Waals surface area contributed by atoms with Crippen molar-refractivity contribution in [1.82, 2.24) is 5.32 Å². The highest BCUT2D eigenvalue weighted by atomic mass is 19.3. The predicted molar refractivity (Wildman–Crippen MR) is 56.8 cm³/mol. The third-order valence-corrected chi connectivity index (χ3v) is 2.56. The van der Waals surface area contributed by atoms with Gasteiger partial charge in [0.15, 0.2) is 0 Å². The first kappa shape index (κ1) is 13.8. The molecule has 0 aromatic carbocycles. The summed E-state index contributed by atoms with van der Waals surface area (Å²) in [6.07, 6.45) is 2.19. The molecule has 0 saturated carbocycles. The molecular weight excluding hydrogens is 184 g/mol. The average Bonchev–Trinajstić information content (AvgIpc) is 2.15. The van der Waals surface area contributed by atoms with E-state index in [1.165, 1.54) is 0 Å². The Hall–Kier alpha value is -0.180. The summed E-state index contributed by atoms with van der Waals surface area (Å²) in [5.41, 5.74) is -0.981. The van der Waals surface area contributed by atoms with E-state index in [1.807, 2.05) is 6.92 Å². The molecule has 0 radical (unpaired) electrons. The molecule has 3 heteroatoms. The lowest BCUT2D eigenvalue weighted by molar-refractivity contribution is 0.0338. The van der Waals surface area contributed by atoms with Crippen molar-refractivity contribution in [2.24, 2.45) is 0 Å². The van der Waals surface area contributed by atoms with Crippen LogP contribution in [0.2, 0.25) is 0 Å².